The highest BCUT2D eigenvalue weighted by atomic mass is 35.5. The van der Waals surface area contributed by atoms with E-state index in [2.05, 4.69) is 12.2 Å². The standard InChI is InChI=1S/C14H21Cl2NO/c1-3-4-5-8-17-10-11(2)18-14-9-12(15)6-7-13(14)16/h6-7,9,11,17H,3-5,8,10H2,1-2H3. The highest BCUT2D eigenvalue weighted by Gasteiger charge is 2.07. The number of nitrogens with one attached hydrogen (secondary N) is 1. The number of ether oxygens (including phenoxy) is 1. The zero-order valence-electron chi connectivity index (χ0n) is 11.0. The third kappa shape index (κ3) is 5.94. The van der Waals surface area contributed by atoms with Crippen molar-refractivity contribution in [2.45, 2.75) is 39.2 Å². The Labute approximate surface area is 120 Å². The average Bonchev–Trinajstić information content (AvgIpc) is 2.33. The van der Waals surface area contributed by atoms with Gasteiger partial charge in [0.1, 0.15) is 11.9 Å². The molecule has 0 aliphatic heterocycles. The van der Waals surface area contributed by atoms with E-state index in [1.807, 2.05) is 6.92 Å². The summed E-state index contributed by atoms with van der Waals surface area (Å²) in [4.78, 5) is 0. The molecule has 1 unspecified atom stereocenters. The van der Waals surface area contributed by atoms with Gasteiger partial charge in [-0.15, -0.1) is 0 Å². The molecule has 0 amide bonds. The molecule has 0 aliphatic carbocycles. The van der Waals surface area contributed by atoms with Crippen LogP contribution >= 0.6 is 23.2 Å². The van der Waals surface area contributed by atoms with Crippen molar-refractivity contribution in [1.82, 2.24) is 5.32 Å². The third-order valence-corrected chi connectivity index (χ3v) is 3.16. The molecule has 0 bridgehead atoms. The molecule has 0 radical (unpaired) electrons. The molecule has 0 saturated carbocycles. The summed E-state index contributed by atoms with van der Waals surface area (Å²) in [5, 5.41) is 4.60. The van der Waals surface area contributed by atoms with Crippen LogP contribution in [-0.4, -0.2) is 19.2 Å². The molecular weight excluding hydrogens is 269 g/mol. The van der Waals surface area contributed by atoms with Gasteiger partial charge in [-0.1, -0.05) is 43.0 Å². The van der Waals surface area contributed by atoms with Crippen LogP contribution in [0.1, 0.15) is 33.1 Å². The maximum atomic E-state index is 6.04. The average molecular weight is 290 g/mol. The Bertz CT molecular complexity index is 358. The Morgan fingerprint density at radius 3 is 2.78 bits per heavy atom. The van der Waals surface area contributed by atoms with Crippen LogP contribution in [0.3, 0.4) is 0 Å². The molecule has 0 spiro atoms. The number of hydrogen-bond acceptors (Lipinski definition) is 2. The van der Waals surface area contributed by atoms with Gasteiger partial charge in [0.2, 0.25) is 0 Å². The monoisotopic (exact) mass is 289 g/mol. The Morgan fingerprint density at radius 2 is 2.06 bits per heavy atom. The van der Waals surface area contributed by atoms with Gasteiger partial charge in [0.25, 0.3) is 0 Å². The van der Waals surface area contributed by atoms with E-state index in [0.29, 0.717) is 15.8 Å². The molecule has 1 N–H and O–H groups in total. The first-order chi connectivity index (χ1) is 8.63. The number of unbranched alkanes of at least 4 members (excludes halogenated alkanes) is 2. The Kier molecular flexibility index (Phi) is 7.48. The highest BCUT2D eigenvalue weighted by molar-refractivity contribution is 6.34. The maximum Gasteiger partial charge on any atom is 0.139 e. The van der Waals surface area contributed by atoms with Crippen LogP contribution in [0, 0.1) is 0 Å². The van der Waals surface area contributed by atoms with Gasteiger partial charge in [0, 0.05) is 17.6 Å². The second-order valence-electron chi connectivity index (χ2n) is 4.41. The molecule has 2 nitrogen and oxygen atoms in total. The molecule has 1 aromatic rings. The first-order valence-corrected chi connectivity index (χ1v) is 7.21. The predicted octanol–water partition coefficient (Wildman–Crippen LogP) is 4.54. The number of rotatable bonds is 8. The molecule has 0 aromatic heterocycles. The minimum Gasteiger partial charge on any atom is -0.488 e. The Morgan fingerprint density at radius 1 is 1.28 bits per heavy atom. The lowest BCUT2D eigenvalue weighted by Crippen LogP contribution is -2.29. The summed E-state index contributed by atoms with van der Waals surface area (Å²) in [6.45, 7) is 6.06. The van der Waals surface area contributed by atoms with Crippen molar-refractivity contribution < 1.29 is 4.74 Å². The molecule has 1 aromatic carbocycles. The van der Waals surface area contributed by atoms with Crippen LogP contribution in [0.2, 0.25) is 10.0 Å². The summed E-state index contributed by atoms with van der Waals surface area (Å²) < 4.78 is 5.75. The molecule has 4 heteroatoms. The second-order valence-corrected chi connectivity index (χ2v) is 5.26. The molecule has 0 heterocycles. The maximum absolute atomic E-state index is 6.04. The Hall–Kier alpha value is -0.440. The van der Waals surface area contributed by atoms with Crippen molar-refractivity contribution >= 4 is 23.2 Å². The smallest absolute Gasteiger partial charge is 0.139 e. The fraction of sp³-hybridized carbons (Fsp3) is 0.571. The van der Waals surface area contributed by atoms with E-state index < -0.39 is 0 Å². The molecule has 1 rings (SSSR count). The van der Waals surface area contributed by atoms with Crippen molar-refractivity contribution in [3.8, 4) is 5.75 Å². The van der Waals surface area contributed by atoms with E-state index in [9.17, 15) is 0 Å². The lowest BCUT2D eigenvalue weighted by Gasteiger charge is -2.16. The van der Waals surface area contributed by atoms with Crippen LogP contribution in [0.4, 0.5) is 0 Å². The van der Waals surface area contributed by atoms with E-state index in [1.165, 1.54) is 19.3 Å². The van der Waals surface area contributed by atoms with Gasteiger partial charge in [-0.25, -0.2) is 0 Å². The largest absolute Gasteiger partial charge is 0.488 e. The van der Waals surface area contributed by atoms with Gasteiger partial charge in [-0.2, -0.15) is 0 Å². The van der Waals surface area contributed by atoms with Crippen molar-refractivity contribution in [2.24, 2.45) is 0 Å². The van der Waals surface area contributed by atoms with Crippen LogP contribution in [0.15, 0.2) is 18.2 Å². The van der Waals surface area contributed by atoms with E-state index in [4.69, 9.17) is 27.9 Å². The van der Waals surface area contributed by atoms with Gasteiger partial charge in [-0.3, -0.25) is 0 Å². The molecule has 0 saturated heterocycles. The minimum absolute atomic E-state index is 0.0718. The van der Waals surface area contributed by atoms with Gasteiger partial charge in [0.05, 0.1) is 5.02 Å². The van der Waals surface area contributed by atoms with Crippen molar-refractivity contribution in [3.63, 3.8) is 0 Å². The zero-order valence-corrected chi connectivity index (χ0v) is 12.5. The molecule has 18 heavy (non-hydrogen) atoms. The van der Waals surface area contributed by atoms with Crippen LogP contribution < -0.4 is 10.1 Å². The van der Waals surface area contributed by atoms with Gasteiger partial charge >= 0.3 is 0 Å². The number of halogens is 2. The summed E-state index contributed by atoms with van der Waals surface area (Å²) in [5.74, 6) is 0.645. The predicted molar refractivity (Wildman–Crippen MR) is 78.9 cm³/mol. The molecule has 0 fully saturated rings. The summed E-state index contributed by atoms with van der Waals surface area (Å²) >= 11 is 11.9. The summed E-state index contributed by atoms with van der Waals surface area (Å²) in [6, 6.07) is 5.25. The third-order valence-electron chi connectivity index (χ3n) is 2.61. The fourth-order valence-corrected chi connectivity index (χ4v) is 1.96. The molecular formula is C14H21Cl2NO. The first kappa shape index (κ1) is 15.6. The lowest BCUT2D eigenvalue weighted by molar-refractivity contribution is 0.217. The van der Waals surface area contributed by atoms with Crippen molar-refractivity contribution in [1.29, 1.82) is 0 Å². The van der Waals surface area contributed by atoms with Gasteiger partial charge in [0.15, 0.2) is 0 Å². The lowest BCUT2D eigenvalue weighted by atomic mass is 10.2. The van der Waals surface area contributed by atoms with Crippen molar-refractivity contribution in [3.05, 3.63) is 28.2 Å². The normalized spacial score (nSPS) is 12.4. The van der Waals surface area contributed by atoms with E-state index in [-0.39, 0.29) is 6.10 Å². The van der Waals surface area contributed by atoms with Crippen molar-refractivity contribution in [2.75, 3.05) is 13.1 Å². The second kappa shape index (κ2) is 8.63. The SMILES string of the molecule is CCCCCNCC(C)Oc1cc(Cl)ccc1Cl. The highest BCUT2D eigenvalue weighted by Crippen LogP contribution is 2.28. The molecule has 0 aliphatic rings. The fourth-order valence-electron chi connectivity index (χ4n) is 1.63. The summed E-state index contributed by atoms with van der Waals surface area (Å²) in [5.41, 5.74) is 0. The summed E-state index contributed by atoms with van der Waals surface area (Å²) in [6.07, 6.45) is 3.79. The van der Waals surface area contributed by atoms with Crippen LogP contribution in [-0.2, 0) is 0 Å². The van der Waals surface area contributed by atoms with E-state index in [1.54, 1.807) is 18.2 Å². The topological polar surface area (TPSA) is 21.3 Å². The molecule has 1 atom stereocenters. The Balaban J connectivity index is 2.30. The van der Waals surface area contributed by atoms with Gasteiger partial charge < -0.3 is 10.1 Å². The minimum atomic E-state index is 0.0718. The number of benzene rings is 1. The quantitative estimate of drug-likeness (QED) is 0.710. The van der Waals surface area contributed by atoms with Crippen LogP contribution in [0.5, 0.6) is 5.75 Å². The molecule has 102 valence electrons. The van der Waals surface area contributed by atoms with E-state index in [0.717, 1.165) is 13.1 Å². The summed E-state index contributed by atoms with van der Waals surface area (Å²) in [7, 11) is 0. The van der Waals surface area contributed by atoms with E-state index >= 15 is 0 Å². The number of hydrogen-bond donors (Lipinski definition) is 1. The van der Waals surface area contributed by atoms with Gasteiger partial charge in [-0.05, 0) is 32.0 Å². The zero-order chi connectivity index (χ0) is 13.4. The van der Waals surface area contributed by atoms with Crippen LogP contribution in [0.25, 0.3) is 0 Å². The first-order valence-electron chi connectivity index (χ1n) is 6.46.